The van der Waals surface area contributed by atoms with E-state index in [-0.39, 0.29) is 12.2 Å². The smallest absolute Gasteiger partial charge is 0.243 e. The number of sulfonamides is 1. The zero-order valence-electron chi connectivity index (χ0n) is 14.5. The van der Waals surface area contributed by atoms with Crippen LogP contribution in [-0.2, 0) is 14.8 Å². The fourth-order valence-electron chi connectivity index (χ4n) is 3.20. The van der Waals surface area contributed by atoms with E-state index >= 15 is 0 Å². The molecule has 2 fully saturated rings. The molecule has 2 aromatic rings. The number of rotatable bonds is 4. The summed E-state index contributed by atoms with van der Waals surface area (Å²) in [4.78, 5) is 0.328. The van der Waals surface area contributed by atoms with E-state index < -0.39 is 10.0 Å². The monoisotopic (exact) mass is 361 g/mol. The Kier molecular flexibility index (Phi) is 4.17. The molecular formula is C18H23N3O3S. The molecule has 2 aliphatic rings. The summed E-state index contributed by atoms with van der Waals surface area (Å²) in [5.74, 6) is 0. The maximum absolute atomic E-state index is 13.0. The van der Waals surface area contributed by atoms with E-state index in [1.807, 2.05) is 42.9 Å². The molecule has 1 aliphatic carbocycles. The van der Waals surface area contributed by atoms with Crippen LogP contribution < -0.4 is 0 Å². The van der Waals surface area contributed by atoms with Gasteiger partial charge < -0.3 is 4.74 Å². The first-order valence-electron chi connectivity index (χ1n) is 8.71. The zero-order valence-corrected chi connectivity index (χ0v) is 15.3. The highest BCUT2D eigenvalue weighted by molar-refractivity contribution is 7.89. The topological polar surface area (TPSA) is 64.4 Å². The summed E-state index contributed by atoms with van der Waals surface area (Å²) >= 11 is 0. The Morgan fingerprint density at radius 1 is 1.12 bits per heavy atom. The standard InChI is InChI=1S/C18H23N3O3S/c1-13-3-7-16(8-4-13)25(22,23)20-11-14(2)24-18(12-20)17-9-10-21(19-17)15-5-6-15/h3-4,7-10,14-15,18H,5-6,11-12H2,1-2H3/t14-,18-/m1/s1. The molecule has 4 rings (SSSR count). The Balaban J connectivity index is 1.57. The van der Waals surface area contributed by atoms with Crippen molar-refractivity contribution in [1.29, 1.82) is 0 Å². The van der Waals surface area contributed by atoms with E-state index in [4.69, 9.17) is 4.74 Å². The average molecular weight is 361 g/mol. The van der Waals surface area contributed by atoms with E-state index in [1.165, 1.54) is 4.31 Å². The molecule has 6 nitrogen and oxygen atoms in total. The first kappa shape index (κ1) is 16.8. The lowest BCUT2D eigenvalue weighted by Crippen LogP contribution is -2.45. The van der Waals surface area contributed by atoms with Gasteiger partial charge in [-0.05, 0) is 44.9 Å². The van der Waals surface area contributed by atoms with Crippen molar-refractivity contribution in [2.45, 2.75) is 49.8 Å². The van der Waals surface area contributed by atoms with Crippen LogP contribution in [0.1, 0.15) is 43.2 Å². The van der Waals surface area contributed by atoms with Gasteiger partial charge in [0.05, 0.1) is 22.7 Å². The first-order valence-corrected chi connectivity index (χ1v) is 10.1. The maximum Gasteiger partial charge on any atom is 0.243 e. The van der Waals surface area contributed by atoms with Crippen LogP contribution in [0, 0.1) is 6.92 Å². The quantitative estimate of drug-likeness (QED) is 0.840. The van der Waals surface area contributed by atoms with Crippen LogP contribution in [0.5, 0.6) is 0 Å². The Bertz CT molecular complexity index is 856. The van der Waals surface area contributed by atoms with E-state index in [9.17, 15) is 8.42 Å². The molecule has 1 saturated heterocycles. The zero-order chi connectivity index (χ0) is 17.6. The third-order valence-electron chi connectivity index (χ3n) is 4.77. The van der Waals surface area contributed by atoms with Gasteiger partial charge in [0.15, 0.2) is 0 Å². The van der Waals surface area contributed by atoms with Crippen molar-refractivity contribution >= 4 is 10.0 Å². The second-order valence-electron chi connectivity index (χ2n) is 7.02. The fourth-order valence-corrected chi connectivity index (χ4v) is 4.71. The van der Waals surface area contributed by atoms with Crippen molar-refractivity contribution in [3.8, 4) is 0 Å². The third-order valence-corrected chi connectivity index (χ3v) is 6.61. The van der Waals surface area contributed by atoms with Crippen molar-refractivity contribution in [2.24, 2.45) is 0 Å². The molecular weight excluding hydrogens is 338 g/mol. The first-order chi connectivity index (χ1) is 11.9. The second-order valence-corrected chi connectivity index (χ2v) is 8.96. The van der Waals surface area contributed by atoms with Crippen molar-refractivity contribution in [3.05, 3.63) is 47.8 Å². The Morgan fingerprint density at radius 2 is 1.84 bits per heavy atom. The third kappa shape index (κ3) is 3.36. The lowest BCUT2D eigenvalue weighted by molar-refractivity contribution is -0.0578. The van der Waals surface area contributed by atoms with E-state index in [0.29, 0.717) is 24.0 Å². The van der Waals surface area contributed by atoms with Gasteiger partial charge >= 0.3 is 0 Å². The molecule has 2 heterocycles. The minimum Gasteiger partial charge on any atom is -0.366 e. The number of aromatic nitrogens is 2. The van der Waals surface area contributed by atoms with Crippen LogP contribution in [0.2, 0.25) is 0 Å². The number of hydrogen-bond donors (Lipinski definition) is 0. The molecule has 7 heteroatoms. The van der Waals surface area contributed by atoms with Crippen molar-refractivity contribution in [3.63, 3.8) is 0 Å². The maximum atomic E-state index is 13.0. The largest absolute Gasteiger partial charge is 0.366 e. The van der Waals surface area contributed by atoms with Crippen LogP contribution in [-0.4, -0.2) is 41.7 Å². The van der Waals surface area contributed by atoms with Gasteiger partial charge in [0.1, 0.15) is 6.10 Å². The van der Waals surface area contributed by atoms with Crippen molar-refractivity contribution in [2.75, 3.05) is 13.1 Å². The summed E-state index contributed by atoms with van der Waals surface area (Å²) in [6, 6.07) is 9.43. The molecule has 0 radical (unpaired) electrons. The molecule has 0 N–H and O–H groups in total. The van der Waals surface area contributed by atoms with Gasteiger partial charge in [-0.15, -0.1) is 0 Å². The summed E-state index contributed by atoms with van der Waals surface area (Å²) in [6.45, 7) is 4.50. The predicted octanol–water partition coefficient (Wildman–Crippen LogP) is 2.68. The molecule has 1 aromatic heterocycles. The van der Waals surface area contributed by atoms with Gasteiger partial charge in [0, 0.05) is 19.3 Å². The van der Waals surface area contributed by atoms with Crippen LogP contribution >= 0.6 is 0 Å². The lowest BCUT2D eigenvalue weighted by atomic mass is 10.2. The number of morpholine rings is 1. The Labute approximate surface area is 148 Å². The minimum atomic E-state index is -3.53. The average Bonchev–Trinajstić information content (AvgIpc) is 3.32. The molecule has 2 atom stereocenters. The lowest BCUT2D eigenvalue weighted by Gasteiger charge is -2.35. The van der Waals surface area contributed by atoms with Crippen LogP contribution in [0.25, 0.3) is 0 Å². The van der Waals surface area contributed by atoms with E-state index in [0.717, 1.165) is 24.1 Å². The van der Waals surface area contributed by atoms with Crippen LogP contribution in [0.15, 0.2) is 41.4 Å². The second kappa shape index (κ2) is 6.23. The summed E-state index contributed by atoms with van der Waals surface area (Å²) in [5, 5.41) is 4.60. The summed E-state index contributed by atoms with van der Waals surface area (Å²) in [5.41, 5.74) is 1.85. The van der Waals surface area contributed by atoms with Gasteiger partial charge in [-0.1, -0.05) is 17.7 Å². The number of benzene rings is 1. The number of hydrogen-bond acceptors (Lipinski definition) is 4. The van der Waals surface area contributed by atoms with Crippen LogP contribution in [0.3, 0.4) is 0 Å². The highest BCUT2D eigenvalue weighted by atomic mass is 32.2. The number of ether oxygens (including phenoxy) is 1. The summed E-state index contributed by atoms with van der Waals surface area (Å²) in [6.07, 6.45) is 3.79. The Hall–Kier alpha value is -1.70. The number of aryl methyl sites for hydroxylation is 1. The highest BCUT2D eigenvalue weighted by Crippen LogP contribution is 2.35. The predicted molar refractivity (Wildman–Crippen MR) is 93.7 cm³/mol. The molecule has 0 spiro atoms. The fraction of sp³-hybridized carbons (Fsp3) is 0.500. The van der Waals surface area contributed by atoms with Crippen molar-refractivity contribution in [1.82, 2.24) is 14.1 Å². The van der Waals surface area contributed by atoms with Gasteiger partial charge in [-0.25, -0.2) is 8.42 Å². The van der Waals surface area contributed by atoms with Crippen LogP contribution in [0.4, 0.5) is 0 Å². The molecule has 0 unspecified atom stereocenters. The summed E-state index contributed by atoms with van der Waals surface area (Å²) in [7, 11) is -3.53. The molecule has 1 saturated carbocycles. The van der Waals surface area contributed by atoms with Crippen molar-refractivity contribution < 1.29 is 13.2 Å². The molecule has 1 aromatic carbocycles. The van der Waals surface area contributed by atoms with Gasteiger partial charge in [0.25, 0.3) is 0 Å². The molecule has 25 heavy (non-hydrogen) atoms. The highest BCUT2D eigenvalue weighted by Gasteiger charge is 2.36. The molecule has 1 aliphatic heterocycles. The molecule has 0 amide bonds. The van der Waals surface area contributed by atoms with Gasteiger partial charge in [0.2, 0.25) is 10.0 Å². The van der Waals surface area contributed by atoms with Gasteiger partial charge in [-0.2, -0.15) is 9.40 Å². The summed E-state index contributed by atoms with van der Waals surface area (Å²) < 4.78 is 35.5. The van der Waals surface area contributed by atoms with E-state index in [1.54, 1.807) is 12.1 Å². The Morgan fingerprint density at radius 3 is 2.52 bits per heavy atom. The van der Waals surface area contributed by atoms with Gasteiger partial charge in [-0.3, -0.25) is 4.68 Å². The normalized spacial score (nSPS) is 25.2. The minimum absolute atomic E-state index is 0.176. The number of nitrogens with zero attached hydrogens (tertiary/aromatic N) is 3. The molecule has 134 valence electrons. The molecule has 0 bridgehead atoms. The SMILES string of the molecule is Cc1ccc(S(=O)(=O)N2C[C@@H](C)O[C@@H](c3ccn(C4CC4)n3)C2)cc1. The van der Waals surface area contributed by atoms with E-state index in [2.05, 4.69) is 5.10 Å².